The molecule has 1 saturated heterocycles. The Kier molecular flexibility index (Phi) is 7.93. The molecule has 3 rings (SSSR count). The number of carbonyl (C=O) groups excluding carboxylic acids is 4. The number of fused-ring (bicyclic) bond motifs is 1. The van der Waals surface area contributed by atoms with Crippen LogP contribution in [0.3, 0.4) is 0 Å². The number of rotatable bonds is 11. The third-order valence-electron chi connectivity index (χ3n) is 6.61. The minimum Gasteiger partial charge on any atom is -0.458 e. The van der Waals surface area contributed by atoms with E-state index in [1.807, 2.05) is 0 Å². The molecule has 0 aromatic carbocycles. The second-order valence-electron chi connectivity index (χ2n) is 10.1. The number of esters is 4. The Morgan fingerprint density at radius 2 is 1.70 bits per heavy atom. The summed E-state index contributed by atoms with van der Waals surface area (Å²) in [5.74, 6) is -7.47. The van der Waals surface area contributed by atoms with Crippen LogP contribution in [-0.2, 0) is 53.0 Å². The van der Waals surface area contributed by atoms with Crippen LogP contribution >= 0.6 is 0 Å². The highest BCUT2D eigenvalue weighted by Gasteiger charge is 2.70. The van der Waals surface area contributed by atoms with E-state index in [1.54, 1.807) is 27.7 Å². The zero-order valence-electron chi connectivity index (χ0n) is 20.8. The molecule has 3 aliphatic rings. The normalized spacial score (nSPS) is 29.7. The van der Waals surface area contributed by atoms with Crippen LogP contribution in [0.2, 0.25) is 0 Å². The van der Waals surface area contributed by atoms with Gasteiger partial charge in [0.05, 0.1) is 30.8 Å². The van der Waals surface area contributed by atoms with E-state index in [9.17, 15) is 36.4 Å². The fourth-order valence-corrected chi connectivity index (χ4v) is 5.79. The molecule has 0 amide bonds. The minimum absolute atomic E-state index is 0.244. The van der Waals surface area contributed by atoms with E-state index in [1.165, 1.54) is 0 Å². The smallest absolute Gasteiger partial charge is 0.405 e. The quantitative estimate of drug-likeness (QED) is 0.169. The predicted octanol–water partition coefficient (Wildman–Crippen LogP) is 1.60. The van der Waals surface area contributed by atoms with Crippen molar-refractivity contribution in [3.8, 4) is 0 Å². The molecule has 0 aromatic heterocycles. The summed E-state index contributed by atoms with van der Waals surface area (Å²) in [5, 5.41) is -4.74. The molecule has 2 saturated carbocycles. The third kappa shape index (κ3) is 5.87. The number of hydrogen-bond acceptors (Lipinski definition) is 11. The van der Waals surface area contributed by atoms with Crippen molar-refractivity contribution in [3.05, 3.63) is 0 Å². The lowest BCUT2D eigenvalue weighted by atomic mass is 9.78. The Hall–Kier alpha value is -2.39. The number of ether oxygens (including phenoxy) is 5. The van der Waals surface area contributed by atoms with Crippen molar-refractivity contribution in [1.82, 2.24) is 0 Å². The molecule has 3 fully saturated rings. The standard InChI is InChI=1S/C22H30F2O12S/c1-9(2)35-21(4,5)36-20(28)16-12-8-11-15(16)19(27)34-18(11)17(12)33-14(26)7-6-13(25)32-10(3)22(23,24)37(29,30)31/h9-12,15-18H,6-8H2,1-5H3,(H,29,30,31). The van der Waals surface area contributed by atoms with Gasteiger partial charge in [-0.05, 0) is 27.2 Å². The van der Waals surface area contributed by atoms with Crippen LogP contribution in [-0.4, -0.2) is 72.3 Å². The first-order chi connectivity index (χ1) is 16.9. The van der Waals surface area contributed by atoms with E-state index in [4.69, 9.17) is 23.5 Å². The van der Waals surface area contributed by atoms with E-state index in [-0.39, 0.29) is 12.0 Å². The van der Waals surface area contributed by atoms with Crippen molar-refractivity contribution in [2.75, 3.05) is 0 Å². The van der Waals surface area contributed by atoms with Gasteiger partial charge in [-0.2, -0.15) is 17.2 Å². The van der Waals surface area contributed by atoms with E-state index < -0.39 is 93.9 Å². The molecule has 15 heteroatoms. The summed E-state index contributed by atoms with van der Waals surface area (Å²) in [6.07, 6.45) is -5.49. The Bertz CT molecular complexity index is 1060. The number of hydrogen-bond donors (Lipinski definition) is 1. The summed E-state index contributed by atoms with van der Waals surface area (Å²) in [6, 6.07) is 0. The summed E-state index contributed by atoms with van der Waals surface area (Å²) in [7, 11) is -5.83. The zero-order valence-corrected chi connectivity index (χ0v) is 21.7. The van der Waals surface area contributed by atoms with Gasteiger partial charge in [-0.15, -0.1) is 0 Å². The van der Waals surface area contributed by atoms with Crippen molar-refractivity contribution in [2.24, 2.45) is 23.7 Å². The highest BCUT2D eigenvalue weighted by atomic mass is 32.2. The van der Waals surface area contributed by atoms with E-state index in [0.29, 0.717) is 13.3 Å². The Morgan fingerprint density at radius 3 is 2.27 bits per heavy atom. The SMILES string of the molecule is CC(C)OC(C)(C)OC(=O)C1C2CC3C(OC(=O)C31)C2OC(=O)CCC(=O)OC(C)C(F)(F)S(=O)(=O)O. The van der Waals surface area contributed by atoms with E-state index in [0.717, 1.165) is 0 Å². The largest absolute Gasteiger partial charge is 0.458 e. The number of alkyl halides is 2. The van der Waals surface area contributed by atoms with E-state index >= 15 is 0 Å². The van der Waals surface area contributed by atoms with Crippen molar-refractivity contribution in [2.45, 2.75) is 89.3 Å². The molecule has 0 aromatic rings. The topological polar surface area (TPSA) is 169 Å². The fraction of sp³-hybridized carbons (Fsp3) is 0.818. The maximum absolute atomic E-state index is 13.5. The molecule has 7 atom stereocenters. The van der Waals surface area contributed by atoms with Gasteiger partial charge in [-0.25, -0.2) is 0 Å². The Labute approximate surface area is 212 Å². The molecule has 2 bridgehead atoms. The first kappa shape index (κ1) is 29.2. The zero-order chi connectivity index (χ0) is 28.1. The highest BCUT2D eigenvalue weighted by molar-refractivity contribution is 7.86. The van der Waals surface area contributed by atoms with Gasteiger partial charge < -0.3 is 23.7 Å². The first-order valence-corrected chi connectivity index (χ1v) is 13.1. The Morgan fingerprint density at radius 1 is 1.11 bits per heavy atom. The lowest BCUT2D eigenvalue weighted by molar-refractivity contribution is -0.234. The monoisotopic (exact) mass is 556 g/mol. The lowest BCUT2D eigenvalue weighted by Gasteiger charge is -2.33. The fourth-order valence-electron chi connectivity index (χ4n) is 5.32. The van der Waals surface area contributed by atoms with Crippen LogP contribution in [0.4, 0.5) is 8.78 Å². The summed E-state index contributed by atoms with van der Waals surface area (Å²) < 4.78 is 83.3. The highest BCUT2D eigenvalue weighted by Crippen LogP contribution is 2.59. The van der Waals surface area contributed by atoms with Gasteiger partial charge in [0.1, 0.15) is 12.2 Å². The van der Waals surface area contributed by atoms with Crippen molar-refractivity contribution < 1.29 is 64.6 Å². The molecular formula is C22H30F2O12S. The lowest BCUT2D eigenvalue weighted by Crippen LogP contribution is -2.46. The molecule has 1 N–H and O–H groups in total. The molecular weight excluding hydrogens is 526 g/mol. The molecule has 0 radical (unpaired) electrons. The molecule has 1 aliphatic heterocycles. The van der Waals surface area contributed by atoms with Gasteiger partial charge in [0.15, 0.2) is 6.10 Å². The first-order valence-electron chi connectivity index (χ1n) is 11.7. The Balaban J connectivity index is 1.60. The van der Waals surface area contributed by atoms with Gasteiger partial charge in [-0.3, -0.25) is 23.7 Å². The minimum atomic E-state index is -5.83. The average Bonchev–Trinajstić information content (AvgIpc) is 3.33. The van der Waals surface area contributed by atoms with Crippen LogP contribution in [0.1, 0.15) is 53.9 Å². The van der Waals surface area contributed by atoms with Crippen LogP contribution < -0.4 is 0 Å². The van der Waals surface area contributed by atoms with Crippen molar-refractivity contribution in [1.29, 1.82) is 0 Å². The molecule has 1 heterocycles. The average molecular weight is 557 g/mol. The van der Waals surface area contributed by atoms with Gasteiger partial charge in [-0.1, -0.05) is 0 Å². The third-order valence-corrected chi connectivity index (χ3v) is 7.63. The maximum Gasteiger partial charge on any atom is 0.405 e. The van der Waals surface area contributed by atoms with Gasteiger partial charge in [0.2, 0.25) is 5.79 Å². The summed E-state index contributed by atoms with van der Waals surface area (Å²) in [5.41, 5.74) is 0. The summed E-state index contributed by atoms with van der Waals surface area (Å²) >= 11 is 0. The van der Waals surface area contributed by atoms with Crippen LogP contribution in [0.15, 0.2) is 0 Å². The van der Waals surface area contributed by atoms with Gasteiger partial charge in [0.25, 0.3) is 0 Å². The second-order valence-corrected chi connectivity index (χ2v) is 11.6. The summed E-state index contributed by atoms with van der Waals surface area (Å²) in [6.45, 7) is 7.20. The number of halogens is 2. The molecule has 210 valence electrons. The van der Waals surface area contributed by atoms with Crippen LogP contribution in [0, 0.1) is 23.7 Å². The molecule has 37 heavy (non-hydrogen) atoms. The predicted molar refractivity (Wildman–Crippen MR) is 116 cm³/mol. The van der Waals surface area contributed by atoms with Crippen LogP contribution in [0.25, 0.3) is 0 Å². The molecule has 2 aliphatic carbocycles. The van der Waals surface area contributed by atoms with Crippen molar-refractivity contribution >= 4 is 34.0 Å². The molecule has 12 nitrogen and oxygen atoms in total. The van der Waals surface area contributed by atoms with Crippen LogP contribution in [0.5, 0.6) is 0 Å². The molecule has 0 spiro atoms. The molecule has 7 unspecified atom stereocenters. The number of carbonyl (C=O) groups is 4. The second kappa shape index (κ2) is 10.1. The van der Waals surface area contributed by atoms with Gasteiger partial charge in [0, 0.05) is 25.7 Å². The van der Waals surface area contributed by atoms with E-state index in [2.05, 4.69) is 4.74 Å². The summed E-state index contributed by atoms with van der Waals surface area (Å²) in [4.78, 5) is 49.7. The van der Waals surface area contributed by atoms with Crippen molar-refractivity contribution in [3.63, 3.8) is 0 Å². The maximum atomic E-state index is 13.5. The van der Waals surface area contributed by atoms with Gasteiger partial charge >= 0.3 is 39.2 Å².